The van der Waals surface area contributed by atoms with E-state index in [2.05, 4.69) is 10.6 Å². The molecule has 0 aliphatic carbocycles. The molecule has 0 aromatic rings. The molecular formula is C11H20N2O2. The van der Waals surface area contributed by atoms with E-state index in [0.29, 0.717) is 5.92 Å². The van der Waals surface area contributed by atoms with Crippen molar-refractivity contribution in [3.63, 3.8) is 0 Å². The van der Waals surface area contributed by atoms with Gasteiger partial charge >= 0.3 is 5.97 Å². The number of piperidine rings is 2. The van der Waals surface area contributed by atoms with Gasteiger partial charge in [0.1, 0.15) is 6.04 Å². The van der Waals surface area contributed by atoms with E-state index in [1.807, 2.05) is 0 Å². The summed E-state index contributed by atoms with van der Waals surface area (Å²) in [5.74, 6) is 0.801. The summed E-state index contributed by atoms with van der Waals surface area (Å²) in [6.45, 7) is 3.15. The molecule has 4 nitrogen and oxygen atoms in total. The van der Waals surface area contributed by atoms with Gasteiger partial charge in [-0.15, -0.1) is 0 Å². The van der Waals surface area contributed by atoms with Crippen molar-refractivity contribution in [3.05, 3.63) is 0 Å². The molecule has 0 aromatic heterocycles. The van der Waals surface area contributed by atoms with Gasteiger partial charge in [0.2, 0.25) is 0 Å². The minimum atomic E-state index is -0.696. The zero-order valence-corrected chi connectivity index (χ0v) is 9.04. The topological polar surface area (TPSA) is 61.4 Å². The molecule has 0 aromatic carbocycles. The third kappa shape index (κ3) is 2.69. The Morgan fingerprint density at radius 2 is 1.80 bits per heavy atom. The fraction of sp³-hybridized carbons (Fsp3) is 0.909. The Morgan fingerprint density at radius 1 is 1.07 bits per heavy atom. The van der Waals surface area contributed by atoms with Gasteiger partial charge in [0.15, 0.2) is 0 Å². The summed E-state index contributed by atoms with van der Waals surface area (Å²) in [5, 5.41) is 15.4. The molecule has 2 atom stereocenters. The van der Waals surface area contributed by atoms with E-state index >= 15 is 0 Å². The minimum absolute atomic E-state index is 0.303. The van der Waals surface area contributed by atoms with Crippen molar-refractivity contribution in [1.82, 2.24) is 10.6 Å². The van der Waals surface area contributed by atoms with Gasteiger partial charge in [0, 0.05) is 0 Å². The first-order chi connectivity index (χ1) is 7.27. The van der Waals surface area contributed by atoms with E-state index in [1.165, 1.54) is 12.8 Å². The monoisotopic (exact) mass is 212 g/mol. The predicted octanol–water partition coefficient (Wildman–Crippen LogP) is 0.439. The second-order valence-corrected chi connectivity index (χ2v) is 4.72. The van der Waals surface area contributed by atoms with Gasteiger partial charge in [-0.1, -0.05) is 0 Å². The number of aliphatic carboxylic acids is 1. The van der Waals surface area contributed by atoms with Gasteiger partial charge in [-0.05, 0) is 57.2 Å². The molecule has 0 saturated carbocycles. The quantitative estimate of drug-likeness (QED) is 0.621. The van der Waals surface area contributed by atoms with E-state index < -0.39 is 5.97 Å². The summed E-state index contributed by atoms with van der Waals surface area (Å²) < 4.78 is 0. The molecule has 2 fully saturated rings. The molecule has 2 unspecified atom stereocenters. The number of nitrogens with one attached hydrogen (secondary N) is 2. The SMILES string of the molecule is O=C(O)C1CCC(C2CCNCC2)CN1. The third-order valence-electron chi connectivity index (χ3n) is 3.80. The molecule has 3 N–H and O–H groups in total. The smallest absolute Gasteiger partial charge is 0.320 e. The van der Waals surface area contributed by atoms with Crippen LogP contribution in [-0.2, 0) is 4.79 Å². The normalized spacial score (nSPS) is 33.9. The lowest BCUT2D eigenvalue weighted by atomic mass is 9.79. The second-order valence-electron chi connectivity index (χ2n) is 4.72. The Labute approximate surface area is 90.4 Å². The number of carboxylic acid groups (broad SMARTS) is 1. The molecule has 0 spiro atoms. The van der Waals surface area contributed by atoms with Crippen LogP contribution >= 0.6 is 0 Å². The van der Waals surface area contributed by atoms with E-state index in [4.69, 9.17) is 5.11 Å². The minimum Gasteiger partial charge on any atom is -0.480 e. The van der Waals surface area contributed by atoms with Crippen molar-refractivity contribution >= 4 is 5.97 Å². The Morgan fingerprint density at radius 3 is 2.33 bits per heavy atom. The van der Waals surface area contributed by atoms with Crippen molar-refractivity contribution in [1.29, 1.82) is 0 Å². The molecule has 0 bridgehead atoms. The third-order valence-corrected chi connectivity index (χ3v) is 3.80. The van der Waals surface area contributed by atoms with Crippen LogP contribution in [0.15, 0.2) is 0 Å². The van der Waals surface area contributed by atoms with E-state index in [-0.39, 0.29) is 6.04 Å². The molecule has 0 amide bonds. The maximum Gasteiger partial charge on any atom is 0.320 e. The van der Waals surface area contributed by atoms with Gasteiger partial charge in [0.05, 0.1) is 0 Å². The lowest BCUT2D eigenvalue weighted by molar-refractivity contribution is -0.140. The van der Waals surface area contributed by atoms with Gasteiger partial charge < -0.3 is 15.7 Å². The first-order valence-electron chi connectivity index (χ1n) is 5.94. The lowest BCUT2D eigenvalue weighted by Crippen LogP contribution is -2.47. The van der Waals surface area contributed by atoms with Crippen LogP contribution in [0.1, 0.15) is 25.7 Å². The Hall–Kier alpha value is -0.610. The highest BCUT2D eigenvalue weighted by molar-refractivity contribution is 5.73. The number of rotatable bonds is 2. The summed E-state index contributed by atoms with van der Waals surface area (Å²) in [5.41, 5.74) is 0. The average molecular weight is 212 g/mol. The lowest BCUT2D eigenvalue weighted by Gasteiger charge is -2.35. The fourth-order valence-electron chi connectivity index (χ4n) is 2.81. The van der Waals surface area contributed by atoms with Crippen LogP contribution < -0.4 is 10.6 Å². The molecule has 2 rings (SSSR count). The van der Waals surface area contributed by atoms with E-state index in [1.54, 1.807) is 0 Å². The standard InChI is InChI=1S/C11H20N2O2/c14-11(15)10-2-1-9(7-13-10)8-3-5-12-6-4-8/h8-10,12-13H,1-7H2,(H,14,15). The summed E-state index contributed by atoms with van der Waals surface area (Å²) >= 11 is 0. The van der Waals surface area contributed by atoms with E-state index in [9.17, 15) is 4.79 Å². The summed E-state index contributed by atoms with van der Waals surface area (Å²) in [7, 11) is 0. The molecule has 2 aliphatic rings. The summed E-state index contributed by atoms with van der Waals surface area (Å²) in [6.07, 6.45) is 4.38. The van der Waals surface area contributed by atoms with Crippen LogP contribution in [-0.4, -0.2) is 36.8 Å². The molecule has 86 valence electrons. The van der Waals surface area contributed by atoms with Gasteiger partial charge in [-0.25, -0.2) is 0 Å². The van der Waals surface area contributed by atoms with Crippen LogP contribution in [0.5, 0.6) is 0 Å². The van der Waals surface area contributed by atoms with Crippen molar-refractivity contribution in [2.75, 3.05) is 19.6 Å². The van der Waals surface area contributed by atoms with E-state index in [0.717, 1.165) is 38.4 Å². The van der Waals surface area contributed by atoms with Crippen molar-refractivity contribution in [3.8, 4) is 0 Å². The Bertz CT molecular complexity index is 219. The highest BCUT2D eigenvalue weighted by Gasteiger charge is 2.30. The molecule has 2 aliphatic heterocycles. The van der Waals surface area contributed by atoms with Crippen molar-refractivity contribution < 1.29 is 9.90 Å². The zero-order chi connectivity index (χ0) is 10.7. The first kappa shape index (κ1) is 10.9. The second kappa shape index (κ2) is 4.94. The highest BCUT2D eigenvalue weighted by Crippen LogP contribution is 2.28. The molecule has 2 heterocycles. The number of hydrogen-bond donors (Lipinski definition) is 3. The van der Waals surface area contributed by atoms with Gasteiger partial charge in [0.25, 0.3) is 0 Å². The summed E-state index contributed by atoms with van der Waals surface area (Å²) in [4.78, 5) is 10.8. The number of carbonyl (C=O) groups is 1. The molecule has 2 saturated heterocycles. The number of hydrogen-bond acceptors (Lipinski definition) is 3. The van der Waals surface area contributed by atoms with Crippen molar-refractivity contribution in [2.24, 2.45) is 11.8 Å². The Balaban J connectivity index is 1.79. The maximum atomic E-state index is 10.8. The molecule has 15 heavy (non-hydrogen) atoms. The Kier molecular flexibility index (Phi) is 3.59. The predicted molar refractivity (Wildman–Crippen MR) is 57.7 cm³/mol. The average Bonchev–Trinajstić information content (AvgIpc) is 2.30. The molecular weight excluding hydrogens is 192 g/mol. The fourth-order valence-corrected chi connectivity index (χ4v) is 2.81. The highest BCUT2D eigenvalue weighted by atomic mass is 16.4. The van der Waals surface area contributed by atoms with Gasteiger partial charge in [-0.2, -0.15) is 0 Å². The van der Waals surface area contributed by atoms with Gasteiger partial charge in [-0.3, -0.25) is 4.79 Å². The summed E-state index contributed by atoms with van der Waals surface area (Å²) in [6, 6.07) is -0.303. The van der Waals surface area contributed by atoms with Crippen LogP contribution in [0.2, 0.25) is 0 Å². The maximum absolute atomic E-state index is 10.8. The largest absolute Gasteiger partial charge is 0.480 e. The zero-order valence-electron chi connectivity index (χ0n) is 9.04. The van der Waals surface area contributed by atoms with Crippen LogP contribution in [0.3, 0.4) is 0 Å². The van der Waals surface area contributed by atoms with Crippen LogP contribution in [0, 0.1) is 11.8 Å². The molecule has 4 heteroatoms. The molecule has 0 radical (unpaired) electrons. The van der Waals surface area contributed by atoms with Crippen LogP contribution in [0.25, 0.3) is 0 Å². The van der Waals surface area contributed by atoms with Crippen molar-refractivity contribution in [2.45, 2.75) is 31.7 Å². The van der Waals surface area contributed by atoms with Crippen LogP contribution in [0.4, 0.5) is 0 Å². The number of carboxylic acids is 1. The first-order valence-corrected chi connectivity index (χ1v) is 5.94.